The van der Waals surface area contributed by atoms with Crippen molar-refractivity contribution in [3.8, 4) is 5.75 Å². The van der Waals surface area contributed by atoms with Crippen LogP contribution in [-0.4, -0.2) is 22.2 Å². The highest BCUT2D eigenvalue weighted by atomic mass is 16.4. The summed E-state index contributed by atoms with van der Waals surface area (Å²) in [5, 5.41) is 18.4. The molecule has 0 fully saturated rings. The Morgan fingerprint density at radius 1 is 1.50 bits per heavy atom. The molecule has 0 saturated carbocycles. The zero-order valence-corrected chi connectivity index (χ0v) is 9.53. The summed E-state index contributed by atoms with van der Waals surface area (Å²) in [4.78, 5) is 10.6. The molecule has 0 radical (unpaired) electrons. The monoisotopic (exact) mass is 223 g/mol. The summed E-state index contributed by atoms with van der Waals surface area (Å²) in [6, 6.07) is 2.69. The molecule has 0 aliphatic carbocycles. The second-order valence-corrected chi connectivity index (χ2v) is 3.92. The van der Waals surface area contributed by atoms with Gasteiger partial charge in [-0.2, -0.15) is 0 Å². The molecule has 0 spiro atoms. The molecule has 0 bridgehead atoms. The van der Waals surface area contributed by atoms with E-state index in [-0.39, 0.29) is 12.2 Å². The number of aromatic hydroxyl groups is 1. The number of aliphatic carboxylic acids is 1. The number of aryl methyl sites for hydroxylation is 2. The first-order valence-corrected chi connectivity index (χ1v) is 5.25. The number of carboxylic acids is 1. The first-order valence-electron chi connectivity index (χ1n) is 5.25. The van der Waals surface area contributed by atoms with Gasteiger partial charge in [0.1, 0.15) is 11.8 Å². The summed E-state index contributed by atoms with van der Waals surface area (Å²) in [5.74, 6) is -0.723. The van der Waals surface area contributed by atoms with Crippen LogP contribution in [0.2, 0.25) is 0 Å². The zero-order chi connectivity index (χ0) is 12.3. The van der Waals surface area contributed by atoms with Crippen LogP contribution in [0.5, 0.6) is 5.75 Å². The number of carbonyl (C=O) groups is 1. The molecular formula is C12H17NO3. The lowest BCUT2D eigenvalue weighted by Crippen LogP contribution is -2.32. The van der Waals surface area contributed by atoms with Crippen LogP contribution in [0.4, 0.5) is 0 Å². The molecule has 0 amide bonds. The summed E-state index contributed by atoms with van der Waals surface area (Å²) in [6.07, 6.45) is 0.992. The van der Waals surface area contributed by atoms with E-state index < -0.39 is 12.0 Å². The maximum absolute atomic E-state index is 10.6. The third kappa shape index (κ3) is 2.73. The van der Waals surface area contributed by atoms with Gasteiger partial charge < -0.3 is 15.9 Å². The Kier molecular flexibility index (Phi) is 3.90. The van der Waals surface area contributed by atoms with Crippen LogP contribution in [0.15, 0.2) is 12.1 Å². The Morgan fingerprint density at radius 3 is 2.62 bits per heavy atom. The normalized spacial score (nSPS) is 12.4. The zero-order valence-electron chi connectivity index (χ0n) is 9.53. The minimum Gasteiger partial charge on any atom is -0.507 e. The van der Waals surface area contributed by atoms with Gasteiger partial charge >= 0.3 is 5.97 Å². The van der Waals surface area contributed by atoms with Crippen molar-refractivity contribution >= 4 is 5.97 Å². The quantitative estimate of drug-likeness (QED) is 0.716. The number of hydrogen-bond acceptors (Lipinski definition) is 3. The molecule has 88 valence electrons. The van der Waals surface area contributed by atoms with Crippen LogP contribution in [0, 0.1) is 6.92 Å². The average molecular weight is 223 g/mol. The first-order chi connectivity index (χ1) is 7.45. The Morgan fingerprint density at radius 2 is 2.12 bits per heavy atom. The molecule has 0 aliphatic heterocycles. The lowest BCUT2D eigenvalue weighted by molar-refractivity contribution is -0.138. The predicted octanol–water partition coefficient (Wildman–Crippen LogP) is 1.22. The van der Waals surface area contributed by atoms with Gasteiger partial charge in [-0.05, 0) is 36.5 Å². The molecule has 4 heteroatoms. The highest BCUT2D eigenvalue weighted by Gasteiger charge is 2.14. The van der Waals surface area contributed by atoms with Crippen molar-refractivity contribution in [2.45, 2.75) is 32.7 Å². The smallest absolute Gasteiger partial charge is 0.320 e. The van der Waals surface area contributed by atoms with Gasteiger partial charge in [0, 0.05) is 0 Å². The number of phenols is 1. The third-order valence-corrected chi connectivity index (χ3v) is 2.59. The van der Waals surface area contributed by atoms with Crippen molar-refractivity contribution in [2.75, 3.05) is 0 Å². The van der Waals surface area contributed by atoms with Crippen LogP contribution in [0.3, 0.4) is 0 Å². The molecule has 0 aromatic heterocycles. The second kappa shape index (κ2) is 4.99. The average Bonchev–Trinajstić information content (AvgIpc) is 2.22. The van der Waals surface area contributed by atoms with Crippen molar-refractivity contribution in [3.63, 3.8) is 0 Å². The van der Waals surface area contributed by atoms with Crippen LogP contribution in [-0.2, 0) is 17.6 Å². The third-order valence-electron chi connectivity index (χ3n) is 2.59. The Hall–Kier alpha value is -1.55. The second-order valence-electron chi connectivity index (χ2n) is 3.92. The van der Waals surface area contributed by atoms with Gasteiger partial charge in [0.15, 0.2) is 0 Å². The number of phenolic OH excluding ortho intramolecular Hbond substituents is 1. The number of rotatable bonds is 4. The van der Waals surface area contributed by atoms with Gasteiger partial charge in [-0.25, -0.2) is 0 Å². The minimum atomic E-state index is -1.01. The Labute approximate surface area is 94.7 Å². The van der Waals surface area contributed by atoms with E-state index in [2.05, 4.69) is 0 Å². The molecule has 1 aromatic carbocycles. The maximum Gasteiger partial charge on any atom is 0.320 e. The van der Waals surface area contributed by atoms with E-state index in [4.69, 9.17) is 10.8 Å². The van der Waals surface area contributed by atoms with E-state index >= 15 is 0 Å². The van der Waals surface area contributed by atoms with Crippen molar-refractivity contribution < 1.29 is 15.0 Å². The van der Waals surface area contributed by atoms with Gasteiger partial charge in [0.05, 0.1) is 0 Å². The standard InChI is InChI=1S/C12H17NO3/c1-3-9-5-8(4-7(2)11(9)14)6-10(13)12(15)16/h4-5,10,14H,3,6,13H2,1-2H3,(H,15,16). The van der Waals surface area contributed by atoms with Crippen LogP contribution >= 0.6 is 0 Å². The first kappa shape index (κ1) is 12.5. The number of nitrogens with two attached hydrogens (primary N) is 1. The summed E-state index contributed by atoms with van der Waals surface area (Å²) in [7, 11) is 0. The molecular weight excluding hydrogens is 206 g/mol. The van der Waals surface area contributed by atoms with E-state index in [1.807, 2.05) is 13.0 Å². The molecule has 1 atom stereocenters. The van der Waals surface area contributed by atoms with E-state index in [0.29, 0.717) is 6.42 Å². The molecule has 1 aromatic rings. The lowest BCUT2D eigenvalue weighted by Gasteiger charge is -2.11. The van der Waals surface area contributed by atoms with Gasteiger partial charge in [-0.15, -0.1) is 0 Å². The SMILES string of the molecule is CCc1cc(CC(N)C(=O)O)cc(C)c1O. The minimum absolute atomic E-state index is 0.281. The Bertz CT molecular complexity index is 401. The van der Waals surface area contributed by atoms with Crippen LogP contribution in [0.25, 0.3) is 0 Å². The van der Waals surface area contributed by atoms with Crippen molar-refractivity contribution in [1.29, 1.82) is 0 Å². The highest BCUT2D eigenvalue weighted by molar-refractivity contribution is 5.73. The topological polar surface area (TPSA) is 83.6 Å². The molecule has 16 heavy (non-hydrogen) atoms. The summed E-state index contributed by atoms with van der Waals surface area (Å²) in [6.45, 7) is 3.74. The number of carboxylic acid groups (broad SMARTS) is 1. The van der Waals surface area contributed by atoms with E-state index in [0.717, 1.165) is 16.7 Å². The van der Waals surface area contributed by atoms with E-state index in [9.17, 15) is 9.90 Å². The fourth-order valence-corrected chi connectivity index (χ4v) is 1.66. The molecule has 0 saturated heterocycles. The number of hydrogen-bond donors (Lipinski definition) is 3. The maximum atomic E-state index is 10.6. The molecule has 1 rings (SSSR count). The molecule has 4 nitrogen and oxygen atoms in total. The summed E-state index contributed by atoms with van der Waals surface area (Å²) in [5.41, 5.74) is 7.90. The van der Waals surface area contributed by atoms with Crippen LogP contribution in [0.1, 0.15) is 23.6 Å². The van der Waals surface area contributed by atoms with Crippen molar-refractivity contribution in [1.82, 2.24) is 0 Å². The van der Waals surface area contributed by atoms with Crippen molar-refractivity contribution in [2.24, 2.45) is 5.73 Å². The molecule has 0 heterocycles. The lowest BCUT2D eigenvalue weighted by atomic mass is 9.99. The van der Waals surface area contributed by atoms with Gasteiger partial charge in [-0.1, -0.05) is 19.1 Å². The fourth-order valence-electron chi connectivity index (χ4n) is 1.66. The fraction of sp³-hybridized carbons (Fsp3) is 0.417. The van der Waals surface area contributed by atoms with Crippen molar-refractivity contribution in [3.05, 3.63) is 28.8 Å². The van der Waals surface area contributed by atoms with E-state index in [1.54, 1.807) is 13.0 Å². The van der Waals surface area contributed by atoms with Gasteiger partial charge in [0.25, 0.3) is 0 Å². The summed E-state index contributed by atoms with van der Waals surface area (Å²) >= 11 is 0. The molecule has 1 unspecified atom stereocenters. The van der Waals surface area contributed by atoms with Gasteiger partial charge in [0.2, 0.25) is 0 Å². The predicted molar refractivity (Wildman–Crippen MR) is 61.5 cm³/mol. The highest BCUT2D eigenvalue weighted by Crippen LogP contribution is 2.24. The summed E-state index contributed by atoms with van der Waals surface area (Å²) < 4.78 is 0. The Balaban J connectivity index is 2.98. The van der Waals surface area contributed by atoms with Gasteiger partial charge in [-0.3, -0.25) is 4.79 Å². The van der Waals surface area contributed by atoms with E-state index in [1.165, 1.54) is 0 Å². The van der Waals surface area contributed by atoms with Crippen LogP contribution < -0.4 is 5.73 Å². The molecule has 4 N–H and O–H groups in total. The largest absolute Gasteiger partial charge is 0.507 e. The molecule has 0 aliphatic rings. The number of benzene rings is 1.